The van der Waals surface area contributed by atoms with E-state index in [2.05, 4.69) is 31.9 Å². The molecule has 4 aromatic carbocycles. The van der Waals surface area contributed by atoms with Crippen molar-refractivity contribution in [1.82, 2.24) is 31.9 Å². The van der Waals surface area contributed by atoms with Crippen molar-refractivity contribution in [3.8, 4) is 45.3 Å². The fourth-order valence-electron chi connectivity index (χ4n) is 6.16. The van der Waals surface area contributed by atoms with Gasteiger partial charge >= 0.3 is 0 Å². The zero-order valence-corrected chi connectivity index (χ0v) is 38.5. The largest absolute Gasteiger partial charge is 0.456 e. The van der Waals surface area contributed by atoms with Gasteiger partial charge in [-0.1, -0.05) is 62.4 Å². The summed E-state index contributed by atoms with van der Waals surface area (Å²) >= 11 is 0. The van der Waals surface area contributed by atoms with Crippen LogP contribution in [0.2, 0.25) is 0 Å². The first kappa shape index (κ1) is 50.8. The number of carbonyl (C=O) groups excluding carboxylic acids is 4. The molecule has 6 aromatic rings. The van der Waals surface area contributed by atoms with Crippen molar-refractivity contribution in [3.63, 3.8) is 0 Å². The van der Waals surface area contributed by atoms with E-state index in [1.54, 1.807) is 48.5 Å². The summed E-state index contributed by atoms with van der Waals surface area (Å²) in [4.78, 5) is 47.7. The molecule has 7 rings (SSSR count). The van der Waals surface area contributed by atoms with Crippen molar-refractivity contribution >= 4 is 23.6 Å². The molecule has 1 saturated heterocycles. The standard InChI is InChI=1S/C24H26N2O3.C22H22N2O3.C4H9NO.C2H7N/c1-3-15-25-23(27)19-9-5-17(6-10-19)21-13-14-22(29-21)18-7-11-20(12-8-18)24(28)26-16-4-2;1-3-23-21(25)17-9-5-15(6-10-17)19-13-14-20(27-19)16-7-11-18(12-8-16)22(26)24-4-2;1-3-6-4-2-5-1;1-3-2/h5-14H,3-4,15-16H2,1-2H3,(H,25,27)(H,26,28);5-14H,3-4H2,1-2H3,(H,23,25)(H,24,26);5H,1-4H2;3H,1-2H3. The van der Waals surface area contributed by atoms with Crippen LogP contribution in [0.4, 0.5) is 0 Å². The van der Waals surface area contributed by atoms with E-state index in [0.717, 1.165) is 84.4 Å². The summed E-state index contributed by atoms with van der Waals surface area (Å²) in [6, 6.07) is 36.9. The highest BCUT2D eigenvalue weighted by Crippen LogP contribution is 2.30. The number of rotatable bonds is 14. The minimum atomic E-state index is -0.0867. The molecule has 1 fully saturated rings. The van der Waals surface area contributed by atoms with Crippen LogP contribution in [0.1, 0.15) is 82.0 Å². The minimum absolute atomic E-state index is 0.0680. The van der Waals surface area contributed by atoms with Crippen molar-refractivity contribution < 1.29 is 32.7 Å². The normalized spacial score (nSPS) is 11.5. The van der Waals surface area contributed by atoms with Crippen LogP contribution in [0.5, 0.6) is 0 Å². The Kier molecular flexibility index (Phi) is 22.0. The summed E-state index contributed by atoms with van der Waals surface area (Å²) in [7, 11) is 3.75. The van der Waals surface area contributed by atoms with Gasteiger partial charge in [0.25, 0.3) is 23.6 Å². The first-order chi connectivity index (χ1) is 31.6. The van der Waals surface area contributed by atoms with Crippen LogP contribution in [0.25, 0.3) is 45.3 Å². The van der Waals surface area contributed by atoms with Gasteiger partial charge in [0.2, 0.25) is 0 Å². The Bertz CT molecular complexity index is 2170. The summed E-state index contributed by atoms with van der Waals surface area (Å²) in [6.45, 7) is 14.2. The maximum absolute atomic E-state index is 12.0. The lowest BCUT2D eigenvalue weighted by atomic mass is 10.1. The van der Waals surface area contributed by atoms with Gasteiger partial charge in [0.1, 0.15) is 23.0 Å². The van der Waals surface area contributed by atoms with Gasteiger partial charge in [0.15, 0.2) is 0 Å². The molecule has 4 amide bonds. The van der Waals surface area contributed by atoms with Gasteiger partial charge in [0, 0.05) is 83.8 Å². The molecule has 0 radical (unpaired) electrons. The van der Waals surface area contributed by atoms with Gasteiger partial charge in [-0.25, -0.2) is 0 Å². The SMILES string of the molecule is C1COCCN1.CCCNC(=O)c1ccc(-c2ccc(-c3ccc(C(=O)NCCC)cc3)o2)cc1.CCNC(=O)c1ccc(-c2ccc(-c3ccc(C(=O)NCC)cc3)o2)cc1.CNC. The van der Waals surface area contributed by atoms with Crippen molar-refractivity contribution in [2.75, 3.05) is 66.6 Å². The van der Waals surface area contributed by atoms with E-state index in [1.807, 2.05) is 115 Å². The monoisotopic (exact) mass is 884 g/mol. The molecular formula is C52H64N6O7. The molecule has 1 aliphatic heterocycles. The summed E-state index contributed by atoms with van der Waals surface area (Å²) in [5.41, 5.74) is 6.10. The second-order valence-corrected chi connectivity index (χ2v) is 14.7. The van der Waals surface area contributed by atoms with Crippen LogP contribution in [0, 0.1) is 0 Å². The second kappa shape index (κ2) is 28.1. The lowest BCUT2D eigenvalue weighted by Crippen LogP contribution is -2.30. The van der Waals surface area contributed by atoms with Crippen LogP contribution < -0.4 is 31.9 Å². The lowest BCUT2D eigenvalue weighted by molar-refractivity contribution is 0.0945. The van der Waals surface area contributed by atoms with Gasteiger partial charge in [-0.3, -0.25) is 19.2 Å². The molecule has 0 saturated carbocycles. The topological polar surface area (TPSA) is 176 Å². The fourth-order valence-corrected chi connectivity index (χ4v) is 6.16. The number of furan rings is 2. The Morgan fingerprint density at radius 3 is 0.892 bits per heavy atom. The van der Waals surface area contributed by atoms with Crippen LogP contribution in [-0.4, -0.2) is 90.2 Å². The van der Waals surface area contributed by atoms with E-state index in [-0.39, 0.29) is 23.6 Å². The van der Waals surface area contributed by atoms with Crippen molar-refractivity contribution in [2.45, 2.75) is 40.5 Å². The van der Waals surface area contributed by atoms with Gasteiger partial charge < -0.3 is 45.5 Å². The molecule has 13 nitrogen and oxygen atoms in total. The molecule has 2 aromatic heterocycles. The number of morpholine rings is 1. The average molecular weight is 885 g/mol. The molecule has 13 heteroatoms. The zero-order valence-electron chi connectivity index (χ0n) is 38.5. The van der Waals surface area contributed by atoms with Crippen molar-refractivity contribution in [2.24, 2.45) is 0 Å². The molecule has 0 unspecified atom stereocenters. The molecule has 65 heavy (non-hydrogen) atoms. The van der Waals surface area contributed by atoms with E-state index in [0.29, 0.717) is 48.4 Å². The Hall–Kier alpha value is -6.80. The number of carbonyl (C=O) groups is 4. The summed E-state index contributed by atoms with van der Waals surface area (Å²) in [5, 5.41) is 17.2. The van der Waals surface area contributed by atoms with Gasteiger partial charge in [-0.15, -0.1) is 0 Å². The Balaban J connectivity index is 0.000000239. The smallest absolute Gasteiger partial charge is 0.251 e. The molecular weight excluding hydrogens is 821 g/mol. The van der Waals surface area contributed by atoms with Crippen LogP contribution in [0.3, 0.4) is 0 Å². The Morgan fingerprint density at radius 1 is 0.431 bits per heavy atom. The third-order valence-corrected chi connectivity index (χ3v) is 9.53. The zero-order chi connectivity index (χ0) is 46.8. The summed E-state index contributed by atoms with van der Waals surface area (Å²) in [5.74, 6) is 2.59. The molecule has 344 valence electrons. The number of benzene rings is 4. The number of hydrogen-bond acceptors (Lipinski definition) is 9. The summed E-state index contributed by atoms with van der Waals surface area (Å²) < 4.78 is 16.9. The molecule has 0 bridgehead atoms. The van der Waals surface area contributed by atoms with Crippen LogP contribution in [-0.2, 0) is 4.74 Å². The molecule has 0 aliphatic carbocycles. The van der Waals surface area contributed by atoms with E-state index in [1.165, 1.54) is 0 Å². The highest BCUT2D eigenvalue weighted by molar-refractivity contribution is 5.96. The van der Waals surface area contributed by atoms with E-state index in [4.69, 9.17) is 13.6 Å². The van der Waals surface area contributed by atoms with Crippen molar-refractivity contribution in [1.29, 1.82) is 0 Å². The molecule has 0 atom stereocenters. The van der Waals surface area contributed by atoms with Crippen molar-refractivity contribution in [3.05, 3.63) is 144 Å². The molecule has 1 aliphatic rings. The first-order valence-electron chi connectivity index (χ1n) is 22.3. The maximum Gasteiger partial charge on any atom is 0.251 e. The third-order valence-electron chi connectivity index (χ3n) is 9.53. The Labute approximate surface area is 383 Å². The number of hydrogen-bond donors (Lipinski definition) is 6. The van der Waals surface area contributed by atoms with Gasteiger partial charge in [-0.2, -0.15) is 0 Å². The fraction of sp³-hybridized carbons (Fsp3) is 0.308. The van der Waals surface area contributed by atoms with E-state index >= 15 is 0 Å². The summed E-state index contributed by atoms with van der Waals surface area (Å²) in [6.07, 6.45) is 1.81. The average Bonchev–Trinajstić information content (AvgIpc) is 4.06. The number of amides is 4. The van der Waals surface area contributed by atoms with Gasteiger partial charge in [0.05, 0.1) is 13.2 Å². The van der Waals surface area contributed by atoms with Gasteiger partial charge in [-0.05, 0) is 114 Å². The number of nitrogens with one attached hydrogen (secondary N) is 6. The highest BCUT2D eigenvalue weighted by Gasteiger charge is 2.13. The van der Waals surface area contributed by atoms with E-state index in [9.17, 15) is 19.2 Å². The quantitative estimate of drug-likeness (QED) is 0.0627. The second-order valence-electron chi connectivity index (χ2n) is 14.7. The maximum atomic E-state index is 12.0. The molecule has 0 spiro atoms. The third kappa shape index (κ3) is 16.4. The first-order valence-corrected chi connectivity index (χ1v) is 22.3. The predicted molar refractivity (Wildman–Crippen MR) is 259 cm³/mol. The van der Waals surface area contributed by atoms with Crippen LogP contribution in [0.15, 0.2) is 130 Å². The van der Waals surface area contributed by atoms with E-state index < -0.39 is 0 Å². The molecule has 6 N–H and O–H groups in total. The number of ether oxygens (including phenoxy) is 1. The Morgan fingerprint density at radius 2 is 0.692 bits per heavy atom. The van der Waals surface area contributed by atoms with Crippen LogP contribution >= 0.6 is 0 Å². The highest BCUT2D eigenvalue weighted by atomic mass is 16.5. The lowest BCUT2D eigenvalue weighted by Gasteiger charge is -2.10. The minimum Gasteiger partial charge on any atom is -0.456 e. The predicted octanol–water partition coefficient (Wildman–Crippen LogP) is 8.45. The molecule has 3 heterocycles.